The van der Waals surface area contributed by atoms with Crippen molar-refractivity contribution in [2.24, 2.45) is 0 Å². The van der Waals surface area contributed by atoms with Crippen molar-refractivity contribution in [3.05, 3.63) is 77.4 Å². The number of ketones is 1. The summed E-state index contributed by atoms with van der Waals surface area (Å²) in [6.45, 7) is 2.06. The minimum Gasteiger partial charge on any atom is -0.497 e. The third-order valence-electron chi connectivity index (χ3n) is 3.72. The topological polar surface area (TPSA) is 26.3 Å². The zero-order valence-electron chi connectivity index (χ0n) is 12.1. The molecule has 0 fully saturated rings. The third kappa shape index (κ3) is 2.40. The predicted molar refractivity (Wildman–Crippen MR) is 85.1 cm³/mol. The summed E-state index contributed by atoms with van der Waals surface area (Å²) < 4.78 is 5.20. The molecule has 3 aromatic carbocycles. The summed E-state index contributed by atoms with van der Waals surface area (Å²) >= 11 is 0. The smallest absolute Gasteiger partial charge is 0.193 e. The van der Waals surface area contributed by atoms with Crippen molar-refractivity contribution in [1.82, 2.24) is 0 Å². The van der Waals surface area contributed by atoms with Crippen LogP contribution in [-0.4, -0.2) is 12.9 Å². The van der Waals surface area contributed by atoms with Crippen molar-refractivity contribution < 1.29 is 9.53 Å². The Hall–Kier alpha value is -2.61. The number of carbonyl (C=O) groups is 1. The number of rotatable bonds is 3. The van der Waals surface area contributed by atoms with Crippen LogP contribution in [0, 0.1) is 6.92 Å². The van der Waals surface area contributed by atoms with E-state index in [1.54, 1.807) is 13.2 Å². The molecule has 21 heavy (non-hydrogen) atoms. The third-order valence-corrected chi connectivity index (χ3v) is 3.72. The number of methoxy groups -OCH3 is 1. The van der Waals surface area contributed by atoms with Crippen molar-refractivity contribution in [3.63, 3.8) is 0 Å². The summed E-state index contributed by atoms with van der Waals surface area (Å²) in [4.78, 5) is 12.8. The number of carbonyl (C=O) groups excluding carboxylic acids is 1. The van der Waals surface area contributed by atoms with Gasteiger partial charge in [-0.3, -0.25) is 4.79 Å². The maximum atomic E-state index is 12.8. The van der Waals surface area contributed by atoms with Crippen LogP contribution in [0.4, 0.5) is 0 Å². The number of hydrogen-bond donors (Lipinski definition) is 0. The first-order valence-electron chi connectivity index (χ1n) is 6.88. The standard InChI is InChI=1S/C19H16O2/c1-13-10-11-18(17-9-4-3-8-16(13)17)19(20)14-6-5-7-15(12-14)21-2/h3-12H,1-2H3. The second kappa shape index (κ2) is 5.41. The van der Waals surface area contributed by atoms with Crippen molar-refractivity contribution in [2.75, 3.05) is 7.11 Å². The molecule has 2 nitrogen and oxygen atoms in total. The highest BCUT2D eigenvalue weighted by atomic mass is 16.5. The molecule has 0 atom stereocenters. The van der Waals surface area contributed by atoms with E-state index in [0.717, 1.165) is 16.3 Å². The molecule has 0 N–H and O–H groups in total. The molecule has 0 heterocycles. The van der Waals surface area contributed by atoms with E-state index in [1.165, 1.54) is 5.56 Å². The molecule has 0 spiro atoms. The minimum atomic E-state index is 0.0186. The summed E-state index contributed by atoms with van der Waals surface area (Å²) in [5, 5.41) is 2.11. The molecule has 0 aromatic heterocycles. The van der Waals surface area contributed by atoms with Gasteiger partial charge in [0.05, 0.1) is 7.11 Å². The Balaban J connectivity index is 2.16. The number of aryl methyl sites for hydroxylation is 1. The van der Waals surface area contributed by atoms with Gasteiger partial charge in [-0.15, -0.1) is 0 Å². The number of benzene rings is 3. The van der Waals surface area contributed by atoms with Gasteiger partial charge in [-0.1, -0.05) is 48.5 Å². The lowest BCUT2D eigenvalue weighted by atomic mass is 9.95. The van der Waals surface area contributed by atoms with Crippen LogP contribution in [0.2, 0.25) is 0 Å². The molecule has 104 valence electrons. The Kier molecular flexibility index (Phi) is 3.44. The molecular weight excluding hydrogens is 260 g/mol. The highest BCUT2D eigenvalue weighted by molar-refractivity contribution is 6.16. The minimum absolute atomic E-state index is 0.0186. The van der Waals surface area contributed by atoms with E-state index >= 15 is 0 Å². The van der Waals surface area contributed by atoms with Gasteiger partial charge in [0, 0.05) is 11.1 Å². The molecule has 0 unspecified atom stereocenters. The highest BCUT2D eigenvalue weighted by Crippen LogP contribution is 2.25. The molecule has 2 heteroatoms. The molecule has 0 bridgehead atoms. The van der Waals surface area contributed by atoms with E-state index < -0.39 is 0 Å². The zero-order chi connectivity index (χ0) is 14.8. The van der Waals surface area contributed by atoms with Gasteiger partial charge in [-0.25, -0.2) is 0 Å². The quantitative estimate of drug-likeness (QED) is 0.663. The molecule has 0 saturated heterocycles. The van der Waals surface area contributed by atoms with Crippen LogP contribution >= 0.6 is 0 Å². The summed E-state index contributed by atoms with van der Waals surface area (Å²) in [6.07, 6.45) is 0. The number of fused-ring (bicyclic) bond motifs is 1. The average Bonchev–Trinajstić information content (AvgIpc) is 2.55. The molecule has 3 aromatic rings. The second-order valence-corrected chi connectivity index (χ2v) is 5.04. The van der Waals surface area contributed by atoms with Crippen molar-refractivity contribution >= 4 is 16.6 Å². The molecule has 0 aliphatic heterocycles. The van der Waals surface area contributed by atoms with E-state index in [2.05, 4.69) is 6.92 Å². The fourth-order valence-electron chi connectivity index (χ4n) is 2.57. The molecule has 0 aliphatic carbocycles. The lowest BCUT2D eigenvalue weighted by Crippen LogP contribution is -2.03. The van der Waals surface area contributed by atoms with Gasteiger partial charge in [-0.2, -0.15) is 0 Å². The van der Waals surface area contributed by atoms with Crippen LogP contribution in [-0.2, 0) is 0 Å². The first kappa shape index (κ1) is 13.4. The summed E-state index contributed by atoms with van der Waals surface area (Å²) in [5.74, 6) is 0.711. The van der Waals surface area contributed by atoms with Gasteiger partial charge < -0.3 is 4.74 Å². The Morgan fingerprint density at radius 2 is 1.67 bits per heavy atom. The average molecular weight is 276 g/mol. The van der Waals surface area contributed by atoms with Crippen molar-refractivity contribution in [1.29, 1.82) is 0 Å². The Morgan fingerprint density at radius 1 is 0.905 bits per heavy atom. The van der Waals surface area contributed by atoms with Crippen molar-refractivity contribution in [3.8, 4) is 5.75 Å². The fraction of sp³-hybridized carbons (Fsp3) is 0.105. The van der Waals surface area contributed by atoms with E-state index in [4.69, 9.17) is 4.74 Å². The summed E-state index contributed by atoms with van der Waals surface area (Å²) in [6, 6.07) is 19.2. The van der Waals surface area contributed by atoms with E-state index in [1.807, 2.05) is 54.6 Å². The van der Waals surface area contributed by atoms with Crippen LogP contribution in [0.25, 0.3) is 10.8 Å². The van der Waals surface area contributed by atoms with Crippen LogP contribution in [0.3, 0.4) is 0 Å². The molecule has 0 saturated carbocycles. The normalized spacial score (nSPS) is 10.6. The van der Waals surface area contributed by atoms with Gasteiger partial charge in [0.25, 0.3) is 0 Å². The van der Waals surface area contributed by atoms with Crippen LogP contribution in [0.1, 0.15) is 21.5 Å². The molecule has 0 amide bonds. The highest BCUT2D eigenvalue weighted by Gasteiger charge is 2.13. The molecular formula is C19H16O2. The predicted octanol–water partition coefficient (Wildman–Crippen LogP) is 4.39. The summed E-state index contributed by atoms with van der Waals surface area (Å²) in [5.41, 5.74) is 2.54. The molecule has 0 radical (unpaired) electrons. The van der Waals surface area contributed by atoms with Crippen LogP contribution in [0.5, 0.6) is 5.75 Å². The Labute approximate surface area is 124 Å². The molecule has 3 rings (SSSR count). The fourth-order valence-corrected chi connectivity index (χ4v) is 2.57. The van der Waals surface area contributed by atoms with Gasteiger partial charge in [0.15, 0.2) is 5.78 Å². The lowest BCUT2D eigenvalue weighted by molar-refractivity contribution is 0.104. The maximum absolute atomic E-state index is 12.8. The molecule has 0 aliphatic rings. The monoisotopic (exact) mass is 276 g/mol. The first-order valence-corrected chi connectivity index (χ1v) is 6.88. The number of ether oxygens (including phenoxy) is 1. The van der Waals surface area contributed by atoms with E-state index in [-0.39, 0.29) is 5.78 Å². The summed E-state index contributed by atoms with van der Waals surface area (Å²) in [7, 11) is 1.60. The largest absolute Gasteiger partial charge is 0.497 e. The van der Waals surface area contributed by atoms with Gasteiger partial charge in [-0.05, 0) is 35.4 Å². The van der Waals surface area contributed by atoms with Gasteiger partial charge in [0.2, 0.25) is 0 Å². The first-order chi connectivity index (χ1) is 10.2. The lowest BCUT2D eigenvalue weighted by Gasteiger charge is -2.09. The van der Waals surface area contributed by atoms with Crippen LogP contribution in [0.15, 0.2) is 60.7 Å². The second-order valence-electron chi connectivity index (χ2n) is 5.04. The number of hydrogen-bond acceptors (Lipinski definition) is 2. The Morgan fingerprint density at radius 3 is 2.43 bits per heavy atom. The van der Waals surface area contributed by atoms with E-state index in [9.17, 15) is 4.79 Å². The van der Waals surface area contributed by atoms with Crippen molar-refractivity contribution in [2.45, 2.75) is 6.92 Å². The van der Waals surface area contributed by atoms with Gasteiger partial charge in [0.1, 0.15) is 5.75 Å². The SMILES string of the molecule is COc1cccc(C(=O)c2ccc(C)c3ccccc23)c1. The van der Waals surface area contributed by atoms with Gasteiger partial charge >= 0.3 is 0 Å². The maximum Gasteiger partial charge on any atom is 0.193 e. The van der Waals surface area contributed by atoms with E-state index in [0.29, 0.717) is 11.3 Å². The van der Waals surface area contributed by atoms with Crippen LogP contribution < -0.4 is 4.74 Å². The Bertz CT molecular complexity index is 819. The zero-order valence-corrected chi connectivity index (χ0v) is 12.1.